The van der Waals surface area contributed by atoms with E-state index in [1.165, 1.54) is 13.3 Å². The van der Waals surface area contributed by atoms with E-state index in [9.17, 15) is 9.59 Å². The quantitative estimate of drug-likeness (QED) is 0.285. The maximum Gasteiger partial charge on any atom is 0.347 e. The highest BCUT2D eigenvalue weighted by Crippen LogP contribution is 2.39. The van der Waals surface area contributed by atoms with Crippen molar-refractivity contribution in [2.75, 3.05) is 25.6 Å². The first kappa shape index (κ1) is 19.3. The second-order valence-electron chi connectivity index (χ2n) is 5.76. The van der Waals surface area contributed by atoms with Gasteiger partial charge >= 0.3 is 11.9 Å². The minimum absolute atomic E-state index is 0.143. The van der Waals surface area contributed by atoms with Crippen LogP contribution in [-0.2, 0) is 19.1 Å². The van der Waals surface area contributed by atoms with Crippen LogP contribution in [-0.4, -0.2) is 32.3 Å². The summed E-state index contributed by atoms with van der Waals surface area (Å²) in [7, 11) is 1.52. The summed E-state index contributed by atoms with van der Waals surface area (Å²) in [5, 5.41) is 4.80. The molecule has 0 saturated heterocycles. The number of esters is 2. The zero-order valence-electron chi connectivity index (χ0n) is 15.9. The number of nitrogens with one attached hydrogen (secondary N) is 1. The first-order valence-corrected chi connectivity index (χ1v) is 8.89. The molecule has 0 aliphatic heterocycles. The van der Waals surface area contributed by atoms with Crippen LogP contribution in [0.3, 0.4) is 0 Å². The largest absolute Gasteiger partial charge is 0.491 e. The van der Waals surface area contributed by atoms with Gasteiger partial charge in [0, 0.05) is 17.0 Å². The molecular weight excluding hydrogens is 362 g/mol. The molecule has 0 aliphatic rings. The zero-order valence-corrected chi connectivity index (χ0v) is 15.9. The van der Waals surface area contributed by atoms with Crippen LogP contribution in [0.4, 0.5) is 5.69 Å². The smallest absolute Gasteiger partial charge is 0.347 e. The number of methoxy groups -OCH3 is 1. The Morgan fingerprint density at radius 1 is 1.00 bits per heavy atom. The third kappa shape index (κ3) is 3.64. The van der Waals surface area contributed by atoms with Crippen molar-refractivity contribution >= 4 is 39.6 Å². The van der Waals surface area contributed by atoms with E-state index in [0.29, 0.717) is 17.0 Å². The van der Waals surface area contributed by atoms with Gasteiger partial charge in [-0.2, -0.15) is 0 Å². The van der Waals surface area contributed by atoms with E-state index < -0.39 is 11.9 Å². The van der Waals surface area contributed by atoms with Crippen molar-refractivity contribution in [3.05, 3.63) is 48.2 Å². The molecule has 0 atom stereocenters. The Hall–Kier alpha value is -3.48. The summed E-state index contributed by atoms with van der Waals surface area (Å²) in [5.41, 5.74) is 1.59. The Morgan fingerprint density at radius 3 is 2.32 bits per heavy atom. The monoisotopic (exact) mass is 383 g/mol. The average Bonchev–Trinajstić information content (AvgIpc) is 3.07. The molecule has 2 aromatic carbocycles. The van der Waals surface area contributed by atoms with Crippen LogP contribution in [0.5, 0.6) is 5.75 Å². The van der Waals surface area contributed by atoms with Crippen molar-refractivity contribution in [3.8, 4) is 5.75 Å². The van der Waals surface area contributed by atoms with E-state index in [1.54, 1.807) is 19.9 Å². The molecule has 0 spiro atoms. The summed E-state index contributed by atoms with van der Waals surface area (Å²) in [6.45, 7) is 3.60. The number of anilines is 1. The first-order chi connectivity index (χ1) is 13.6. The second-order valence-corrected chi connectivity index (χ2v) is 5.76. The Morgan fingerprint density at radius 2 is 1.68 bits per heavy atom. The molecule has 3 aromatic rings. The summed E-state index contributed by atoms with van der Waals surface area (Å²) in [5.74, 6) is -1.08. The topological polar surface area (TPSA) is 87.0 Å². The van der Waals surface area contributed by atoms with Gasteiger partial charge in [-0.3, -0.25) is 0 Å². The van der Waals surface area contributed by atoms with Crippen molar-refractivity contribution in [1.29, 1.82) is 0 Å². The Kier molecular flexibility index (Phi) is 5.84. The lowest BCUT2D eigenvalue weighted by molar-refractivity contribution is -0.146. The van der Waals surface area contributed by atoms with Crippen LogP contribution in [0.1, 0.15) is 13.8 Å². The highest BCUT2D eigenvalue weighted by Gasteiger charge is 2.22. The number of furan rings is 1. The van der Waals surface area contributed by atoms with Crippen molar-refractivity contribution in [2.45, 2.75) is 13.8 Å². The average molecular weight is 383 g/mol. The van der Waals surface area contributed by atoms with Crippen molar-refractivity contribution < 1.29 is 28.2 Å². The highest BCUT2D eigenvalue weighted by molar-refractivity contribution is 6.14. The van der Waals surface area contributed by atoms with Gasteiger partial charge in [0.1, 0.15) is 5.58 Å². The fraction of sp³-hybridized carbons (Fsp3) is 0.238. The maximum absolute atomic E-state index is 12.1. The van der Waals surface area contributed by atoms with Crippen LogP contribution in [0.25, 0.3) is 21.9 Å². The van der Waals surface area contributed by atoms with Gasteiger partial charge in [0.15, 0.2) is 16.9 Å². The molecule has 1 aromatic heterocycles. The number of fused-ring (bicyclic) bond motifs is 3. The molecule has 0 fully saturated rings. The second kappa shape index (κ2) is 8.47. The highest BCUT2D eigenvalue weighted by atomic mass is 16.6. The third-order valence-corrected chi connectivity index (χ3v) is 4.07. The summed E-state index contributed by atoms with van der Waals surface area (Å²) in [4.78, 5) is 24.2. The van der Waals surface area contributed by atoms with E-state index >= 15 is 0 Å². The van der Waals surface area contributed by atoms with E-state index in [0.717, 1.165) is 16.4 Å². The van der Waals surface area contributed by atoms with Gasteiger partial charge in [-0.05, 0) is 32.0 Å². The van der Waals surface area contributed by atoms with Crippen molar-refractivity contribution in [1.82, 2.24) is 0 Å². The number of para-hydroxylation sites is 1. The summed E-state index contributed by atoms with van der Waals surface area (Å²) in [6, 6.07) is 11.3. The minimum atomic E-state index is -0.766. The van der Waals surface area contributed by atoms with Crippen LogP contribution >= 0.6 is 0 Å². The number of hydrogen-bond acceptors (Lipinski definition) is 7. The van der Waals surface area contributed by atoms with Crippen LogP contribution in [0.15, 0.2) is 52.6 Å². The zero-order chi connectivity index (χ0) is 20.1. The minimum Gasteiger partial charge on any atom is -0.491 e. The summed E-state index contributed by atoms with van der Waals surface area (Å²) >= 11 is 0. The standard InChI is InChI=1S/C21H21NO6/c1-4-26-20(23)15(21(24)27-5-2)12-22-16-11-10-14-13-8-6-7-9-17(13)28-18(14)19(16)25-3/h6-12,22H,4-5H2,1-3H3. The van der Waals surface area contributed by atoms with Gasteiger partial charge in [0.25, 0.3) is 0 Å². The maximum atomic E-state index is 12.1. The number of carbonyl (C=O) groups is 2. The van der Waals surface area contributed by atoms with Gasteiger partial charge in [-0.15, -0.1) is 0 Å². The molecule has 1 N–H and O–H groups in total. The Labute approximate surface area is 161 Å². The molecule has 3 rings (SSSR count). The lowest BCUT2D eigenvalue weighted by atomic mass is 10.1. The Balaban J connectivity index is 2.02. The molecule has 0 bridgehead atoms. The van der Waals surface area contributed by atoms with Crippen LogP contribution in [0, 0.1) is 0 Å². The first-order valence-electron chi connectivity index (χ1n) is 8.89. The molecule has 0 saturated carbocycles. The van der Waals surface area contributed by atoms with E-state index in [4.69, 9.17) is 18.6 Å². The van der Waals surface area contributed by atoms with Crippen molar-refractivity contribution in [3.63, 3.8) is 0 Å². The number of ether oxygens (including phenoxy) is 3. The normalized spacial score (nSPS) is 10.5. The molecule has 1 heterocycles. The lowest BCUT2D eigenvalue weighted by Crippen LogP contribution is -2.19. The van der Waals surface area contributed by atoms with E-state index in [1.807, 2.05) is 30.3 Å². The summed E-state index contributed by atoms with van der Waals surface area (Å²) in [6.07, 6.45) is 1.25. The lowest BCUT2D eigenvalue weighted by Gasteiger charge is -2.10. The predicted octanol–water partition coefficient (Wildman–Crippen LogP) is 4.02. The van der Waals surface area contributed by atoms with Crippen LogP contribution in [0.2, 0.25) is 0 Å². The molecular formula is C21H21NO6. The van der Waals surface area contributed by atoms with Crippen molar-refractivity contribution in [2.24, 2.45) is 0 Å². The van der Waals surface area contributed by atoms with Gasteiger partial charge in [0.05, 0.1) is 26.0 Å². The van der Waals surface area contributed by atoms with Gasteiger partial charge in [-0.1, -0.05) is 18.2 Å². The number of hydrogen-bond donors (Lipinski definition) is 1. The van der Waals surface area contributed by atoms with Gasteiger partial charge in [-0.25, -0.2) is 9.59 Å². The molecule has 0 amide bonds. The summed E-state index contributed by atoms with van der Waals surface area (Å²) < 4.78 is 21.3. The molecule has 7 heteroatoms. The van der Waals surface area contributed by atoms with Gasteiger partial charge < -0.3 is 23.9 Å². The molecule has 0 aliphatic carbocycles. The number of benzene rings is 2. The number of carbonyl (C=O) groups excluding carboxylic acids is 2. The van der Waals surface area contributed by atoms with E-state index in [-0.39, 0.29) is 18.8 Å². The predicted molar refractivity (Wildman–Crippen MR) is 105 cm³/mol. The molecule has 7 nitrogen and oxygen atoms in total. The van der Waals surface area contributed by atoms with Crippen LogP contribution < -0.4 is 10.1 Å². The van der Waals surface area contributed by atoms with Gasteiger partial charge in [0.2, 0.25) is 0 Å². The number of rotatable bonds is 7. The molecule has 0 radical (unpaired) electrons. The molecule has 0 unspecified atom stereocenters. The molecule has 28 heavy (non-hydrogen) atoms. The molecule has 146 valence electrons. The fourth-order valence-corrected chi connectivity index (χ4v) is 2.85. The van der Waals surface area contributed by atoms with E-state index in [2.05, 4.69) is 5.32 Å². The third-order valence-electron chi connectivity index (χ3n) is 4.07. The SMILES string of the molecule is CCOC(=O)C(=CNc1ccc2c(oc3ccccc32)c1OC)C(=O)OCC. The fourth-order valence-electron chi connectivity index (χ4n) is 2.85. The Bertz CT molecular complexity index is 1030.